The molecule has 0 unspecified atom stereocenters. The number of rotatable bonds is 5. The van der Waals surface area contributed by atoms with E-state index in [1.807, 2.05) is 62.4 Å². The molecule has 4 rings (SSSR count). The topological polar surface area (TPSA) is 149 Å². The molecule has 2 aromatic carbocycles. The molecule has 0 saturated carbocycles. The van der Waals surface area contributed by atoms with Gasteiger partial charge in [0, 0.05) is 13.0 Å². The summed E-state index contributed by atoms with van der Waals surface area (Å²) in [7, 11) is 0. The van der Waals surface area contributed by atoms with Gasteiger partial charge in [0.1, 0.15) is 23.3 Å². The number of nitrogens with zero attached hydrogens (tertiary/aromatic N) is 5. The molecule has 9 nitrogen and oxygen atoms in total. The lowest BCUT2D eigenvalue weighted by molar-refractivity contribution is 0.805. The van der Waals surface area contributed by atoms with Gasteiger partial charge in [-0.25, -0.2) is 4.98 Å². The van der Waals surface area contributed by atoms with Gasteiger partial charge in [-0.1, -0.05) is 30.3 Å². The fraction of sp³-hybridized carbons (Fsp3) is 0.174. The molecule has 0 atom stereocenters. The number of para-hydroxylation sites is 1. The van der Waals surface area contributed by atoms with Crippen LogP contribution < -0.4 is 22.3 Å². The Kier molecular flexibility index (Phi) is 5.43. The van der Waals surface area contributed by atoms with Gasteiger partial charge in [-0.3, -0.25) is 9.36 Å². The summed E-state index contributed by atoms with van der Waals surface area (Å²) in [6.07, 6.45) is 0.391. The van der Waals surface area contributed by atoms with Crippen molar-refractivity contribution >= 4 is 28.5 Å². The van der Waals surface area contributed by atoms with Gasteiger partial charge in [-0.15, -0.1) is 0 Å². The molecule has 2 aromatic heterocycles. The van der Waals surface area contributed by atoms with Crippen LogP contribution in [0.2, 0.25) is 0 Å². The van der Waals surface area contributed by atoms with Crippen LogP contribution in [0.25, 0.3) is 16.6 Å². The highest BCUT2D eigenvalue weighted by molar-refractivity contribution is 5.81. The van der Waals surface area contributed by atoms with Crippen molar-refractivity contribution in [1.29, 1.82) is 5.26 Å². The van der Waals surface area contributed by atoms with E-state index in [4.69, 9.17) is 16.5 Å². The molecule has 9 heteroatoms. The van der Waals surface area contributed by atoms with E-state index in [9.17, 15) is 10.1 Å². The van der Waals surface area contributed by atoms with Crippen molar-refractivity contribution in [2.24, 2.45) is 0 Å². The molecular formula is C23H22N8O. The Morgan fingerprint density at radius 2 is 1.78 bits per heavy atom. The predicted molar refractivity (Wildman–Crippen MR) is 125 cm³/mol. The molecule has 0 radical (unpaired) electrons. The summed E-state index contributed by atoms with van der Waals surface area (Å²) in [6, 6.07) is 15.3. The molecule has 5 N–H and O–H groups in total. The summed E-state index contributed by atoms with van der Waals surface area (Å²) in [4.78, 5) is 26.2. The Morgan fingerprint density at radius 1 is 1.03 bits per heavy atom. The molecule has 0 fully saturated rings. The van der Waals surface area contributed by atoms with Crippen molar-refractivity contribution in [3.05, 3.63) is 75.3 Å². The maximum absolute atomic E-state index is 13.6. The zero-order valence-electron chi connectivity index (χ0n) is 17.8. The molecule has 32 heavy (non-hydrogen) atoms. The third-order valence-electron chi connectivity index (χ3n) is 5.24. The van der Waals surface area contributed by atoms with Crippen molar-refractivity contribution in [3.8, 4) is 11.8 Å². The molecule has 160 valence electrons. The summed E-state index contributed by atoms with van der Waals surface area (Å²) in [5.74, 6) is 0.820. The number of hydrogen-bond donors (Lipinski definition) is 3. The zero-order valence-corrected chi connectivity index (χ0v) is 17.8. The van der Waals surface area contributed by atoms with E-state index < -0.39 is 0 Å². The van der Waals surface area contributed by atoms with Crippen molar-refractivity contribution in [2.75, 3.05) is 23.3 Å². The van der Waals surface area contributed by atoms with E-state index in [1.165, 1.54) is 0 Å². The van der Waals surface area contributed by atoms with E-state index in [1.54, 1.807) is 4.57 Å². The van der Waals surface area contributed by atoms with Crippen molar-refractivity contribution < 1.29 is 0 Å². The number of benzene rings is 2. The smallest absolute Gasteiger partial charge is 0.266 e. The van der Waals surface area contributed by atoms with Gasteiger partial charge in [0.15, 0.2) is 5.82 Å². The lowest BCUT2D eigenvalue weighted by Gasteiger charge is -2.17. The highest BCUT2D eigenvalue weighted by Crippen LogP contribution is 2.20. The Labute approximate surface area is 184 Å². The molecule has 0 aliphatic carbocycles. The van der Waals surface area contributed by atoms with Crippen LogP contribution in [0.15, 0.2) is 47.3 Å². The summed E-state index contributed by atoms with van der Waals surface area (Å²) >= 11 is 0. The number of aromatic nitrogens is 4. The number of nitrogen functional groups attached to an aromatic ring is 2. The van der Waals surface area contributed by atoms with Crippen LogP contribution in [-0.4, -0.2) is 26.1 Å². The minimum atomic E-state index is -0.120. The predicted octanol–water partition coefficient (Wildman–Crippen LogP) is 2.48. The summed E-state index contributed by atoms with van der Waals surface area (Å²) < 4.78 is 1.65. The number of nitrogens with one attached hydrogen (secondary N) is 1. The van der Waals surface area contributed by atoms with E-state index in [0.29, 0.717) is 29.7 Å². The Bertz CT molecular complexity index is 1430. The largest absolute Gasteiger partial charge is 0.382 e. The van der Waals surface area contributed by atoms with Crippen molar-refractivity contribution in [1.82, 2.24) is 19.5 Å². The molecular weight excluding hydrogens is 404 g/mol. The van der Waals surface area contributed by atoms with Gasteiger partial charge < -0.3 is 16.8 Å². The van der Waals surface area contributed by atoms with Crippen LogP contribution in [-0.2, 0) is 6.42 Å². The first-order valence-electron chi connectivity index (χ1n) is 10.0. The van der Waals surface area contributed by atoms with Gasteiger partial charge in [0.25, 0.3) is 5.56 Å². The van der Waals surface area contributed by atoms with Crippen LogP contribution in [0.1, 0.15) is 22.5 Å². The monoisotopic (exact) mass is 426 g/mol. The Hall–Kier alpha value is -4.45. The Morgan fingerprint density at radius 3 is 2.53 bits per heavy atom. The lowest BCUT2D eigenvalue weighted by Crippen LogP contribution is -2.26. The van der Waals surface area contributed by atoms with Crippen LogP contribution in [0.4, 0.5) is 17.6 Å². The van der Waals surface area contributed by atoms with Crippen LogP contribution in [0, 0.1) is 25.2 Å². The number of hydrogen-bond acceptors (Lipinski definition) is 8. The normalized spacial score (nSPS) is 10.8. The molecule has 0 aliphatic heterocycles. The number of anilines is 3. The minimum absolute atomic E-state index is 0.0126. The molecule has 0 amide bonds. The first-order chi connectivity index (χ1) is 15.4. The molecule has 0 bridgehead atoms. The summed E-state index contributed by atoms with van der Waals surface area (Å²) in [6.45, 7) is 4.21. The molecule has 0 aliphatic rings. The van der Waals surface area contributed by atoms with E-state index in [2.05, 4.69) is 15.3 Å². The summed E-state index contributed by atoms with van der Waals surface area (Å²) in [5.41, 5.74) is 14.7. The molecule has 0 saturated heterocycles. The van der Waals surface area contributed by atoms with Gasteiger partial charge in [0.05, 0.1) is 16.6 Å². The maximum Gasteiger partial charge on any atom is 0.266 e. The first-order valence-corrected chi connectivity index (χ1v) is 10.0. The second kappa shape index (κ2) is 8.35. The quantitative estimate of drug-likeness (QED) is 0.441. The average molecular weight is 426 g/mol. The number of aryl methyl sites for hydroxylation is 2. The number of fused-ring (bicyclic) bond motifs is 1. The zero-order chi connectivity index (χ0) is 22.8. The van der Waals surface area contributed by atoms with Gasteiger partial charge in [0.2, 0.25) is 5.95 Å². The fourth-order valence-corrected chi connectivity index (χ4v) is 3.70. The standard InChI is InChI=1S/C23H22N8O/c1-13-6-3-4-9-17(13)31-18(28-16-8-5-7-14(2)19(16)22(31)32)10-11-27-21-15(12-24)20(25)29-23(26)30-21/h3-9H,10-11H2,1-2H3,(H5,25,26,27,29,30). The third kappa shape index (κ3) is 3.70. The molecule has 2 heterocycles. The van der Waals surface area contributed by atoms with Crippen molar-refractivity contribution in [3.63, 3.8) is 0 Å². The average Bonchev–Trinajstić information content (AvgIpc) is 2.74. The Balaban J connectivity index is 1.78. The van der Waals surface area contributed by atoms with Crippen LogP contribution >= 0.6 is 0 Å². The first kappa shape index (κ1) is 20.8. The van der Waals surface area contributed by atoms with Crippen LogP contribution in [0.3, 0.4) is 0 Å². The number of nitriles is 1. The molecule has 4 aromatic rings. The fourth-order valence-electron chi connectivity index (χ4n) is 3.70. The second-order valence-corrected chi connectivity index (χ2v) is 7.40. The van der Waals surface area contributed by atoms with E-state index in [-0.39, 0.29) is 28.7 Å². The SMILES string of the molecule is Cc1ccccc1-n1c(CCNc2nc(N)nc(N)c2C#N)nc2cccc(C)c2c1=O. The second-order valence-electron chi connectivity index (χ2n) is 7.40. The lowest BCUT2D eigenvalue weighted by atomic mass is 10.1. The third-order valence-corrected chi connectivity index (χ3v) is 5.24. The van der Waals surface area contributed by atoms with Gasteiger partial charge >= 0.3 is 0 Å². The van der Waals surface area contributed by atoms with Crippen LogP contribution in [0.5, 0.6) is 0 Å². The summed E-state index contributed by atoms with van der Waals surface area (Å²) in [5, 5.41) is 13.0. The molecule has 0 spiro atoms. The number of nitrogens with two attached hydrogens (primary N) is 2. The maximum atomic E-state index is 13.6. The minimum Gasteiger partial charge on any atom is -0.382 e. The highest BCUT2D eigenvalue weighted by Gasteiger charge is 2.16. The van der Waals surface area contributed by atoms with Gasteiger partial charge in [-0.05, 0) is 37.1 Å². The van der Waals surface area contributed by atoms with E-state index >= 15 is 0 Å². The van der Waals surface area contributed by atoms with Gasteiger partial charge in [-0.2, -0.15) is 15.2 Å². The van der Waals surface area contributed by atoms with E-state index in [0.717, 1.165) is 16.8 Å². The van der Waals surface area contributed by atoms with Crippen molar-refractivity contribution in [2.45, 2.75) is 20.3 Å². The highest BCUT2D eigenvalue weighted by atomic mass is 16.1.